The number of carbonyl (C=O) groups excluding carboxylic acids is 2. The zero-order valence-corrected chi connectivity index (χ0v) is 18.5. The van der Waals surface area contributed by atoms with Gasteiger partial charge in [-0.25, -0.2) is 9.59 Å². The highest BCUT2D eigenvalue weighted by Gasteiger charge is 2.27. The molecule has 0 aliphatic carbocycles. The third-order valence-electron chi connectivity index (χ3n) is 5.06. The van der Waals surface area contributed by atoms with Crippen LogP contribution in [0.3, 0.4) is 0 Å². The summed E-state index contributed by atoms with van der Waals surface area (Å²) in [4.78, 5) is 36.9. The molecule has 0 unspecified atom stereocenters. The van der Waals surface area contributed by atoms with Gasteiger partial charge in [0.15, 0.2) is 0 Å². The lowest BCUT2D eigenvalue weighted by Crippen LogP contribution is -2.52. The lowest BCUT2D eigenvalue weighted by atomic mass is 10.0. The van der Waals surface area contributed by atoms with Crippen LogP contribution in [0, 0.1) is 0 Å². The number of carbonyl (C=O) groups is 3. The highest BCUT2D eigenvalue weighted by atomic mass is 16.5. The molecule has 2 aromatic rings. The van der Waals surface area contributed by atoms with E-state index >= 15 is 0 Å². The molecule has 32 heavy (non-hydrogen) atoms. The molecule has 2 amide bonds. The zero-order valence-electron chi connectivity index (χ0n) is 18.5. The van der Waals surface area contributed by atoms with Crippen LogP contribution >= 0.6 is 0 Å². The van der Waals surface area contributed by atoms with Gasteiger partial charge in [-0.15, -0.1) is 0 Å². The molecule has 3 N–H and O–H groups in total. The number of hydrogen-bond donors (Lipinski definition) is 3. The van der Waals surface area contributed by atoms with Crippen LogP contribution in [0.1, 0.15) is 50.2 Å². The Kier molecular flexibility index (Phi) is 10.8. The molecule has 0 bridgehead atoms. The lowest BCUT2D eigenvalue weighted by molar-refractivity contribution is -0.142. The number of alkyl carbamates (subject to hydrolysis) is 1. The summed E-state index contributed by atoms with van der Waals surface area (Å²) in [6, 6.07) is 16.5. The second-order valence-electron chi connectivity index (χ2n) is 7.70. The molecule has 0 aliphatic rings. The zero-order chi connectivity index (χ0) is 23.2. The third kappa shape index (κ3) is 9.20. The Bertz CT molecular complexity index is 842. The summed E-state index contributed by atoms with van der Waals surface area (Å²) in [5.41, 5.74) is 1.66. The van der Waals surface area contributed by atoms with Crippen molar-refractivity contribution >= 4 is 18.0 Å². The van der Waals surface area contributed by atoms with Crippen molar-refractivity contribution in [3.8, 4) is 0 Å². The third-order valence-corrected chi connectivity index (χ3v) is 5.06. The molecule has 0 fully saturated rings. The summed E-state index contributed by atoms with van der Waals surface area (Å²) in [6.45, 7) is 2.15. The van der Waals surface area contributed by atoms with Crippen molar-refractivity contribution in [3.63, 3.8) is 0 Å². The van der Waals surface area contributed by atoms with Gasteiger partial charge < -0.3 is 20.5 Å². The molecule has 2 aromatic carbocycles. The number of ether oxygens (including phenoxy) is 1. The van der Waals surface area contributed by atoms with Crippen molar-refractivity contribution in [3.05, 3.63) is 71.8 Å². The number of rotatable bonds is 13. The second-order valence-corrected chi connectivity index (χ2v) is 7.70. The first kappa shape index (κ1) is 24.9. The fourth-order valence-corrected chi connectivity index (χ4v) is 3.27. The minimum Gasteiger partial charge on any atom is -0.480 e. The Morgan fingerprint density at radius 1 is 0.844 bits per heavy atom. The average Bonchev–Trinajstić information content (AvgIpc) is 2.80. The van der Waals surface area contributed by atoms with Gasteiger partial charge in [0.05, 0.1) is 0 Å². The highest BCUT2D eigenvalue weighted by molar-refractivity contribution is 5.89. The maximum absolute atomic E-state index is 12.9. The van der Waals surface area contributed by atoms with Crippen LogP contribution in [0.2, 0.25) is 0 Å². The van der Waals surface area contributed by atoms with E-state index in [1.165, 1.54) is 0 Å². The van der Waals surface area contributed by atoms with E-state index in [0.29, 0.717) is 12.8 Å². The van der Waals surface area contributed by atoms with Gasteiger partial charge in [0.1, 0.15) is 18.7 Å². The SMILES string of the molecule is CCCCCC[C@@H](NC(=O)[C@@H](Cc1ccccc1)NC(=O)OCc1ccccc1)C(=O)O. The predicted molar refractivity (Wildman–Crippen MR) is 122 cm³/mol. The van der Waals surface area contributed by atoms with Gasteiger partial charge in [0.2, 0.25) is 5.91 Å². The van der Waals surface area contributed by atoms with Crippen LogP contribution in [0.15, 0.2) is 60.7 Å². The molecule has 0 saturated heterocycles. The van der Waals surface area contributed by atoms with Gasteiger partial charge in [-0.05, 0) is 17.5 Å². The fourth-order valence-electron chi connectivity index (χ4n) is 3.27. The van der Waals surface area contributed by atoms with E-state index in [1.807, 2.05) is 60.7 Å². The highest BCUT2D eigenvalue weighted by Crippen LogP contribution is 2.09. The standard InChI is InChI=1S/C25H32N2O5/c1-2-3-4-11-16-21(24(29)30)26-23(28)22(17-19-12-7-5-8-13-19)27-25(31)32-18-20-14-9-6-10-15-20/h5-10,12-15,21-22H,2-4,11,16-18H2,1H3,(H,26,28)(H,27,31)(H,29,30)/t21-,22-/m1/s1. The van der Waals surface area contributed by atoms with Gasteiger partial charge in [0.25, 0.3) is 0 Å². The van der Waals surface area contributed by atoms with E-state index in [4.69, 9.17) is 4.74 Å². The molecule has 0 aromatic heterocycles. The summed E-state index contributed by atoms with van der Waals surface area (Å²) >= 11 is 0. The summed E-state index contributed by atoms with van der Waals surface area (Å²) < 4.78 is 5.24. The van der Waals surface area contributed by atoms with E-state index in [-0.39, 0.29) is 13.0 Å². The van der Waals surface area contributed by atoms with Crippen molar-refractivity contribution in [1.29, 1.82) is 0 Å². The first-order valence-electron chi connectivity index (χ1n) is 11.0. The van der Waals surface area contributed by atoms with Crippen LogP contribution in [-0.2, 0) is 27.4 Å². The summed E-state index contributed by atoms with van der Waals surface area (Å²) in [6.07, 6.45) is 3.51. The summed E-state index contributed by atoms with van der Waals surface area (Å²) in [5, 5.41) is 14.7. The average molecular weight is 441 g/mol. The molecule has 2 rings (SSSR count). The maximum Gasteiger partial charge on any atom is 0.408 e. The molecule has 0 spiro atoms. The van der Waals surface area contributed by atoms with Crippen molar-refractivity contribution in [2.75, 3.05) is 0 Å². The molecule has 172 valence electrons. The number of nitrogens with one attached hydrogen (secondary N) is 2. The Morgan fingerprint density at radius 3 is 2.06 bits per heavy atom. The van der Waals surface area contributed by atoms with Crippen molar-refractivity contribution in [1.82, 2.24) is 10.6 Å². The quantitative estimate of drug-likeness (QED) is 0.407. The number of carboxylic acids is 1. The Hall–Kier alpha value is -3.35. The van der Waals surface area contributed by atoms with Gasteiger partial charge in [-0.3, -0.25) is 4.79 Å². The van der Waals surface area contributed by atoms with Crippen LogP contribution in [0.4, 0.5) is 4.79 Å². The number of carboxylic acid groups (broad SMARTS) is 1. The molecular formula is C25H32N2O5. The number of hydrogen-bond acceptors (Lipinski definition) is 4. The Morgan fingerprint density at radius 2 is 1.47 bits per heavy atom. The number of unbranched alkanes of at least 4 members (excludes halogenated alkanes) is 3. The Balaban J connectivity index is 2.01. The molecule has 7 nitrogen and oxygen atoms in total. The van der Waals surface area contributed by atoms with Gasteiger partial charge in [0, 0.05) is 6.42 Å². The topological polar surface area (TPSA) is 105 Å². The van der Waals surface area contributed by atoms with Crippen LogP contribution in [-0.4, -0.2) is 35.2 Å². The van der Waals surface area contributed by atoms with Gasteiger partial charge in [-0.1, -0.05) is 93.3 Å². The number of aliphatic carboxylic acids is 1. The molecule has 0 aliphatic heterocycles. The van der Waals surface area contributed by atoms with Gasteiger partial charge in [-0.2, -0.15) is 0 Å². The first-order chi connectivity index (χ1) is 15.5. The van der Waals surface area contributed by atoms with Crippen LogP contribution in [0.5, 0.6) is 0 Å². The number of benzene rings is 2. The maximum atomic E-state index is 12.9. The van der Waals surface area contributed by atoms with E-state index in [0.717, 1.165) is 30.4 Å². The lowest BCUT2D eigenvalue weighted by Gasteiger charge is -2.21. The smallest absolute Gasteiger partial charge is 0.408 e. The van der Waals surface area contributed by atoms with Gasteiger partial charge >= 0.3 is 12.1 Å². The molecule has 2 atom stereocenters. The normalized spacial score (nSPS) is 12.4. The molecule has 0 saturated carbocycles. The fraction of sp³-hybridized carbons (Fsp3) is 0.400. The predicted octanol–water partition coefficient (Wildman–Crippen LogP) is 4.06. The summed E-state index contributed by atoms with van der Waals surface area (Å²) in [5.74, 6) is -1.63. The van der Waals surface area contributed by atoms with E-state index in [1.54, 1.807) is 0 Å². The van der Waals surface area contributed by atoms with Crippen molar-refractivity contribution < 1.29 is 24.2 Å². The number of amides is 2. The second kappa shape index (κ2) is 13.9. The van der Waals surface area contributed by atoms with Crippen LogP contribution in [0.25, 0.3) is 0 Å². The monoisotopic (exact) mass is 440 g/mol. The van der Waals surface area contributed by atoms with Crippen LogP contribution < -0.4 is 10.6 Å². The first-order valence-corrected chi connectivity index (χ1v) is 11.0. The van der Waals surface area contributed by atoms with Crippen molar-refractivity contribution in [2.45, 2.75) is 64.1 Å². The molecule has 0 heterocycles. The minimum absolute atomic E-state index is 0.0710. The minimum atomic E-state index is -1.08. The molecular weight excluding hydrogens is 408 g/mol. The Labute approximate surface area is 189 Å². The van der Waals surface area contributed by atoms with E-state index in [9.17, 15) is 19.5 Å². The van der Waals surface area contributed by atoms with E-state index < -0.39 is 30.1 Å². The molecule has 7 heteroatoms. The van der Waals surface area contributed by atoms with E-state index in [2.05, 4.69) is 17.6 Å². The largest absolute Gasteiger partial charge is 0.480 e. The molecule has 0 radical (unpaired) electrons. The van der Waals surface area contributed by atoms with Crippen molar-refractivity contribution in [2.24, 2.45) is 0 Å². The summed E-state index contributed by atoms with van der Waals surface area (Å²) in [7, 11) is 0.